The average molecular weight is 500 g/mol. The molecule has 4 heteroatoms. The molecule has 4 aromatic rings. The molecule has 1 unspecified atom stereocenters. The van der Waals surface area contributed by atoms with E-state index in [1.165, 1.54) is 22.0 Å². The molecule has 0 fully saturated rings. The van der Waals surface area contributed by atoms with Gasteiger partial charge in [-0.3, -0.25) is 0 Å². The molecule has 36 heavy (non-hydrogen) atoms. The summed E-state index contributed by atoms with van der Waals surface area (Å²) in [4.78, 5) is 0. The zero-order valence-electron chi connectivity index (χ0n) is 21.0. The summed E-state index contributed by atoms with van der Waals surface area (Å²) in [5, 5.41) is 23.6. The molecule has 3 nitrogen and oxygen atoms in total. The summed E-state index contributed by atoms with van der Waals surface area (Å²) in [6, 6.07) is 38.1. The Hall–Kier alpha value is -3.13. The van der Waals surface area contributed by atoms with Gasteiger partial charge in [0.15, 0.2) is 11.5 Å². The van der Waals surface area contributed by atoms with Crippen molar-refractivity contribution in [1.29, 1.82) is 0 Å². The monoisotopic (exact) mass is 499 g/mol. The number of ether oxygens (including phenoxy) is 1. The molecule has 0 saturated carbocycles. The molecule has 0 aliphatic carbocycles. The number of hydrogen-bond donors (Lipinski definition) is 2. The van der Waals surface area contributed by atoms with E-state index in [9.17, 15) is 10.2 Å². The first-order valence-electron chi connectivity index (χ1n) is 12.8. The Morgan fingerprint density at radius 3 is 1.61 bits per heavy atom. The molecule has 4 rings (SSSR count). The minimum Gasteiger partial charge on any atom is -0.504 e. The van der Waals surface area contributed by atoms with Crippen molar-refractivity contribution in [2.24, 2.45) is 0 Å². The minimum atomic E-state index is -1.75. The summed E-state index contributed by atoms with van der Waals surface area (Å²) >= 11 is 0. The maximum atomic E-state index is 9.73. The lowest BCUT2D eigenvalue weighted by molar-refractivity contribution is 0.0626. The van der Waals surface area contributed by atoms with Gasteiger partial charge in [0.05, 0.1) is 12.3 Å². The zero-order chi connectivity index (χ0) is 25.2. The Morgan fingerprint density at radius 1 is 0.611 bits per heavy atom. The van der Waals surface area contributed by atoms with Crippen LogP contribution in [0, 0.1) is 0 Å². The van der Waals surface area contributed by atoms with E-state index in [0.717, 1.165) is 37.4 Å². The number of phenolic OH excluding ortho intramolecular Hbond substituents is 2. The first-order valence-corrected chi connectivity index (χ1v) is 14.8. The SMILES string of the molecule is CC(OCCCCCC[P+](c1ccccc1)(c1ccccc1)c1ccccc1)c1ccc(O)c(O)c1. The molecule has 2 N–H and O–H groups in total. The van der Waals surface area contributed by atoms with Gasteiger partial charge < -0.3 is 14.9 Å². The highest BCUT2D eigenvalue weighted by atomic mass is 31.2. The first-order chi connectivity index (χ1) is 17.6. The van der Waals surface area contributed by atoms with Gasteiger partial charge in [-0.05, 0) is 80.3 Å². The van der Waals surface area contributed by atoms with Crippen LogP contribution in [0.5, 0.6) is 11.5 Å². The summed E-state index contributed by atoms with van der Waals surface area (Å²) < 4.78 is 5.99. The molecular weight excluding hydrogens is 463 g/mol. The van der Waals surface area contributed by atoms with Gasteiger partial charge >= 0.3 is 0 Å². The van der Waals surface area contributed by atoms with E-state index in [1.807, 2.05) is 6.92 Å². The summed E-state index contributed by atoms with van der Waals surface area (Å²) in [5.41, 5.74) is 0.869. The van der Waals surface area contributed by atoms with Crippen molar-refractivity contribution in [3.8, 4) is 11.5 Å². The molecule has 0 saturated heterocycles. The van der Waals surface area contributed by atoms with Gasteiger partial charge in [-0.25, -0.2) is 0 Å². The first kappa shape index (κ1) is 25.9. The topological polar surface area (TPSA) is 49.7 Å². The number of aromatic hydroxyl groups is 2. The molecular formula is C32H36O3P+. The molecule has 1 atom stereocenters. The van der Waals surface area contributed by atoms with Gasteiger partial charge in [0.25, 0.3) is 0 Å². The van der Waals surface area contributed by atoms with Crippen LogP contribution in [0.1, 0.15) is 44.3 Å². The summed E-state index contributed by atoms with van der Waals surface area (Å²) in [6.07, 6.45) is 5.47. The molecule has 4 aromatic carbocycles. The van der Waals surface area contributed by atoms with Crippen molar-refractivity contribution in [2.75, 3.05) is 12.8 Å². The van der Waals surface area contributed by atoms with Gasteiger partial charge in [0, 0.05) is 6.61 Å². The van der Waals surface area contributed by atoms with Crippen molar-refractivity contribution in [3.63, 3.8) is 0 Å². The van der Waals surface area contributed by atoms with Gasteiger partial charge in [-0.2, -0.15) is 0 Å². The van der Waals surface area contributed by atoms with E-state index in [2.05, 4.69) is 91.0 Å². The molecule has 186 valence electrons. The normalized spacial score (nSPS) is 12.4. The summed E-state index contributed by atoms with van der Waals surface area (Å²) in [7, 11) is -1.75. The van der Waals surface area contributed by atoms with Crippen LogP contribution < -0.4 is 15.9 Å². The van der Waals surface area contributed by atoms with E-state index in [0.29, 0.717) is 6.61 Å². The predicted octanol–water partition coefficient (Wildman–Crippen LogP) is 6.73. The van der Waals surface area contributed by atoms with Crippen molar-refractivity contribution in [2.45, 2.75) is 38.7 Å². The fourth-order valence-electron chi connectivity index (χ4n) is 4.84. The fourth-order valence-corrected chi connectivity index (χ4v) is 9.25. The molecule has 0 radical (unpaired) electrons. The van der Waals surface area contributed by atoms with Crippen molar-refractivity contribution in [3.05, 3.63) is 115 Å². The summed E-state index contributed by atoms with van der Waals surface area (Å²) in [5.74, 6) is -0.212. The molecule has 0 heterocycles. The second-order valence-electron chi connectivity index (χ2n) is 9.22. The Labute approximate surface area is 215 Å². The van der Waals surface area contributed by atoms with Crippen LogP contribution in [0.3, 0.4) is 0 Å². The predicted molar refractivity (Wildman–Crippen MR) is 153 cm³/mol. The third-order valence-corrected chi connectivity index (χ3v) is 11.3. The number of phenols is 2. The number of unbranched alkanes of at least 4 members (excludes halogenated alkanes) is 3. The van der Waals surface area contributed by atoms with Crippen molar-refractivity contribution >= 4 is 23.2 Å². The standard InChI is InChI=1S/C32H35O3P/c1-26(27-21-22-31(33)32(34)25-27)35-23-13-2-3-14-24-36(28-15-7-4-8-16-28,29-17-9-5-10-18-29)30-19-11-6-12-20-30/h4-12,15-22,25-26H,2-3,13-14,23-24H2,1H3,(H-,33,34)/p+1. The van der Waals surface area contributed by atoms with E-state index in [4.69, 9.17) is 4.74 Å². The largest absolute Gasteiger partial charge is 0.504 e. The molecule has 0 spiro atoms. The van der Waals surface area contributed by atoms with E-state index in [-0.39, 0.29) is 17.6 Å². The van der Waals surface area contributed by atoms with Crippen LogP contribution in [0.25, 0.3) is 0 Å². The Balaban J connectivity index is 1.39. The van der Waals surface area contributed by atoms with Crippen molar-refractivity contribution < 1.29 is 14.9 Å². The van der Waals surface area contributed by atoms with Crippen LogP contribution in [-0.2, 0) is 4.74 Å². The van der Waals surface area contributed by atoms with Crippen LogP contribution in [0.15, 0.2) is 109 Å². The fraction of sp³-hybridized carbons (Fsp3) is 0.250. The van der Waals surface area contributed by atoms with Gasteiger partial charge in [0.1, 0.15) is 23.2 Å². The van der Waals surface area contributed by atoms with Crippen LogP contribution in [0.4, 0.5) is 0 Å². The number of benzene rings is 4. The molecule has 0 bridgehead atoms. The maximum Gasteiger partial charge on any atom is 0.157 e. The Morgan fingerprint density at radius 2 is 1.11 bits per heavy atom. The number of rotatable bonds is 12. The third kappa shape index (κ3) is 6.16. The van der Waals surface area contributed by atoms with Crippen molar-refractivity contribution in [1.82, 2.24) is 0 Å². The van der Waals surface area contributed by atoms with Crippen LogP contribution >= 0.6 is 7.26 Å². The number of hydrogen-bond acceptors (Lipinski definition) is 3. The quantitative estimate of drug-likeness (QED) is 0.129. The Kier molecular flexibility index (Phi) is 9.17. The Bertz CT molecular complexity index is 1100. The average Bonchev–Trinajstić information content (AvgIpc) is 2.93. The summed E-state index contributed by atoms with van der Waals surface area (Å²) in [6.45, 7) is 2.66. The van der Waals surface area contributed by atoms with E-state index < -0.39 is 7.26 Å². The highest BCUT2D eigenvalue weighted by molar-refractivity contribution is 7.95. The molecule has 0 aliphatic heterocycles. The highest BCUT2D eigenvalue weighted by Gasteiger charge is 2.44. The molecule has 0 aliphatic rings. The van der Waals surface area contributed by atoms with E-state index >= 15 is 0 Å². The second-order valence-corrected chi connectivity index (χ2v) is 12.8. The van der Waals surface area contributed by atoms with Crippen LogP contribution in [-0.4, -0.2) is 23.0 Å². The lowest BCUT2D eigenvalue weighted by Crippen LogP contribution is -2.33. The second kappa shape index (κ2) is 12.7. The van der Waals surface area contributed by atoms with Crippen LogP contribution in [0.2, 0.25) is 0 Å². The maximum absolute atomic E-state index is 9.73. The molecule has 0 amide bonds. The lowest BCUT2D eigenvalue weighted by atomic mass is 10.1. The van der Waals surface area contributed by atoms with Gasteiger partial charge in [0.2, 0.25) is 0 Å². The van der Waals surface area contributed by atoms with Gasteiger partial charge in [-0.1, -0.05) is 67.1 Å². The third-order valence-electron chi connectivity index (χ3n) is 6.82. The lowest BCUT2D eigenvalue weighted by Gasteiger charge is -2.27. The zero-order valence-corrected chi connectivity index (χ0v) is 21.9. The van der Waals surface area contributed by atoms with E-state index in [1.54, 1.807) is 12.1 Å². The molecule has 0 aromatic heterocycles. The smallest absolute Gasteiger partial charge is 0.157 e. The van der Waals surface area contributed by atoms with Gasteiger partial charge in [-0.15, -0.1) is 0 Å². The minimum absolute atomic E-state index is 0.105. The highest BCUT2D eigenvalue weighted by Crippen LogP contribution is 2.56.